The van der Waals surface area contributed by atoms with Crippen LogP contribution < -0.4 is 10.6 Å². The standard InChI is InChI=1S/C31H32Cl2N8O5/c1-17-12-21(13-18(2)46-17)26(42)15-24(30-37-28(29(33)38-30)19-4-8-23(9-5-19)35-31(44)45-3)36-27(43)11-6-20-14-22(32)7-10-25(20)41-16-34-39-40-41/h4-11,14,16-18,21,24H,12-13,15H2,1-3H3,(H,35,44)(H,36,43)(H,37,38)/t17?,18?,21?,24-/m0/s1. The molecule has 2 aromatic heterocycles. The lowest BCUT2D eigenvalue weighted by atomic mass is 9.86. The van der Waals surface area contributed by atoms with E-state index in [9.17, 15) is 14.4 Å². The first-order valence-electron chi connectivity index (χ1n) is 14.5. The smallest absolute Gasteiger partial charge is 0.411 e. The molecule has 1 fully saturated rings. The van der Waals surface area contributed by atoms with E-state index in [0.29, 0.717) is 51.9 Å². The van der Waals surface area contributed by atoms with E-state index >= 15 is 0 Å². The van der Waals surface area contributed by atoms with Crippen LogP contribution in [0.15, 0.2) is 54.9 Å². The van der Waals surface area contributed by atoms with Gasteiger partial charge in [0.2, 0.25) is 5.91 Å². The van der Waals surface area contributed by atoms with Crippen molar-refractivity contribution in [1.82, 2.24) is 35.5 Å². The summed E-state index contributed by atoms with van der Waals surface area (Å²) in [6.45, 7) is 3.90. The van der Waals surface area contributed by atoms with Gasteiger partial charge >= 0.3 is 6.09 Å². The number of nitrogens with zero attached hydrogens (tertiary/aromatic N) is 5. The number of anilines is 1. The highest BCUT2D eigenvalue weighted by atomic mass is 35.5. The maximum Gasteiger partial charge on any atom is 0.411 e. The molecule has 2 unspecified atom stereocenters. The highest BCUT2D eigenvalue weighted by Crippen LogP contribution is 2.32. The fourth-order valence-electron chi connectivity index (χ4n) is 5.38. The first-order valence-corrected chi connectivity index (χ1v) is 15.3. The summed E-state index contributed by atoms with van der Waals surface area (Å²) in [6.07, 6.45) is 4.83. The van der Waals surface area contributed by atoms with E-state index in [-0.39, 0.29) is 35.5 Å². The Hall–Kier alpha value is -4.59. The number of hydrogen-bond acceptors (Lipinski definition) is 9. The molecular formula is C31H32Cl2N8O5. The largest absolute Gasteiger partial charge is 0.453 e. The third-order valence-corrected chi connectivity index (χ3v) is 7.98. The van der Waals surface area contributed by atoms with Crippen LogP contribution in [0.1, 0.15) is 50.5 Å². The Morgan fingerprint density at radius 3 is 2.54 bits per heavy atom. The highest BCUT2D eigenvalue weighted by Gasteiger charge is 2.32. The number of halogens is 2. The molecule has 0 radical (unpaired) electrons. The second kappa shape index (κ2) is 14.7. The Bertz CT molecular complexity index is 1720. The minimum Gasteiger partial charge on any atom is -0.453 e. The molecule has 13 nitrogen and oxygen atoms in total. The molecule has 2 aromatic carbocycles. The maximum atomic E-state index is 13.6. The molecule has 0 spiro atoms. The fourth-order valence-corrected chi connectivity index (χ4v) is 5.81. The average molecular weight is 668 g/mol. The topological polar surface area (TPSA) is 166 Å². The number of imidazole rings is 1. The molecular weight excluding hydrogens is 635 g/mol. The number of hydrogen-bond donors (Lipinski definition) is 3. The van der Waals surface area contributed by atoms with Gasteiger partial charge in [-0.2, -0.15) is 4.68 Å². The molecule has 1 aliphatic rings. The third kappa shape index (κ3) is 8.16. The molecule has 46 heavy (non-hydrogen) atoms. The summed E-state index contributed by atoms with van der Waals surface area (Å²) in [6, 6.07) is 11.1. The van der Waals surface area contributed by atoms with Crippen LogP contribution >= 0.6 is 23.2 Å². The Morgan fingerprint density at radius 1 is 1.13 bits per heavy atom. The van der Waals surface area contributed by atoms with Gasteiger partial charge in [-0.1, -0.05) is 35.3 Å². The summed E-state index contributed by atoms with van der Waals surface area (Å²) in [5.41, 5.74) is 2.81. The molecule has 3 N–H and O–H groups in total. The molecule has 0 bridgehead atoms. The molecule has 3 heterocycles. The number of carbonyl (C=O) groups excluding carboxylic acids is 3. The van der Waals surface area contributed by atoms with Crippen LogP contribution in [0, 0.1) is 5.92 Å². The van der Waals surface area contributed by atoms with Crippen LogP contribution in [0.4, 0.5) is 10.5 Å². The van der Waals surface area contributed by atoms with Crippen molar-refractivity contribution in [3.05, 3.63) is 76.4 Å². The highest BCUT2D eigenvalue weighted by molar-refractivity contribution is 6.32. The van der Waals surface area contributed by atoms with Crippen LogP contribution in [0.3, 0.4) is 0 Å². The SMILES string of the molecule is COC(=O)Nc1ccc(-c2nc([C@H](CC(=O)C3CC(C)OC(C)C3)NC(=O)C=Cc3cc(Cl)ccc3-n3cnnn3)[nH]c2Cl)cc1. The van der Waals surface area contributed by atoms with E-state index in [2.05, 4.69) is 40.9 Å². The molecule has 1 saturated heterocycles. The number of nitrogens with one attached hydrogen (secondary N) is 3. The molecule has 0 aliphatic carbocycles. The fraction of sp³-hybridized carbons (Fsp3) is 0.323. The number of aromatic amines is 1. The monoisotopic (exact) mass is 666 g/mol. The Kier molecular flexibility index (Phi) is 10.5. The molecule has 1 aliphatic heterocycles. The summed E-state index contributed by atoms with van der Waals surface area (Å²) in [5.74, 6) is -0.392. The number of ether oxygens (including phenoxy) is 2. The minimum atomic E-state index is -0.817. The van der Waals surface area contributed by atoms with E-state index in [1.165, 1.54) is 24.2 Å². The zero-order chi connectivity index (χ0) is 32.8. The van der Waals surface area contributed by atoms with Crippen molar-refractivity contribution in [3.8, 4) is 16.9 Å². The summed E-state index contributed by atoms with van der Waals surface area (Å²) in [4.78, 5) is 46.2. The summed E-state index contributed by atoms with van der Waals surface area (Å²) < 4.78 is 11.9. The van der Waals surface area contributed by atoms with Gasteiger partial charge in [0.15, 0.2) is 0 Å². The lowest BCUT2D eigenvalue weighted by Crippen LogP contribution is -2.36. The number of tetrazole rings is 1. The van der Waals surface area contributed by atoms with Gasteiger partial charge in [0.1, 0.15) is 28.8 Å². The van der Waals surface area contributed by atoms with Crippen LogP contribution in [0.25, 0.3) is 23.0 Å². The van der Waals surface area contributed by atoms with E-state index in [1.807, 2.05) is 13.8 Å². The third-order valence-electron chi connectivity index (χ3n) is 7.47. The summed E-state index contributed by atoms with van der Waals surface area (Å²) >= 11 is 12.8. The predicted octanol–water partition coefficient (Wildman–Crippen LogP) is 5.57. The Labute approximate surface area is 274 Å². The van der Waals surface area contributed by atoms with Crippen molar-refractivity contribution >= 4 is 52.7 Å². The van der Waals surface area contributed by atoms with Gasteiger partial charge in [0.05, 0.1) is 31.0 Å². The number of rotatable bonds is 10. The zero-order valence-electron chi connectivity index (χ0n) is 25.2. The van der Waals surface area contributed by atoms with E-state index in [1.54, 1.807) is 48.5 Å². The van der Waals surface area contributed by atoms with Gasteiger partial charge in [0, 0.05) is 40.3 Å². The molecule has 4 aromatic rings. The van der Waals surface area contributed by atoms with Crippen molar-refractivity contribution in [2.24, 2.45) is 5.92 Å². The first-order chi connectivity index (χ1) is 22.1. The second-order valence-electron chi connectivity index (χ2n) is 10.9. The van der Waals surface area contributed by atoms with E-state index in [4.69, 9.17) is 27.9 Å². The van der Waals surface area contributed by atoms with Gasteiger partial charge in [-0.3, -0.25) is 14.9 Å². The lowest BCUT2D eigenvalue weighted by molar-refractivity contribution is -0.131. The van der Waals surface area contributed by atoms with Crippen molar-refractivity contribution in [2.45, 2.75) is 51.4 Å². The molecule has 5 rings (SSSR count). The molecule has 240 valence electrons. The van der Waals surface area contributed by atoms with Crippen molar-refractivity contribution in [2.75, 3.05) is 12.4 Å². The number of benzene rings is 2. The summed E-state index contributed by atoms with van der Waals surface area (Å²) in [5, 5.41) is 17.5. The van der Waals surface area contributed by atoms with Crippen molar-refractivity contribution in [1.29, 1.82) is 0 Å². The number of carbonyl (C=O) groups is 3. The number of Topliss-reactive ketones (excluding diaryl/α,β-unsaturated/α-hetero) is 1. The van der Waals surface area contributed by atoms with Crippen molar-refractivity contribution < 1.29 is 23.9 Å². The van der Waals surface area contributed by atoms with E-state index in [0.717, 1.165) is 0 Å². The van der Waals surface area contributed by atoms with Gasteiger partial charge in [-0.05, 0) is 73.5 Å². The van der Waals surface area contributed by atoms with Crippen LogP contribution in [-0.4, -0.2) is 67.3 Å². The number of ketones is 1. The zero-order valence-corrected chi connectivity index (χ0v) is 26.7. The second-order valence-corrected chi connectivity index (χ2v) is 11.7. The lowest BCUT2D eigenvalue weighted by Gasteiger charge is -2.31. The van der Waals surface area contributed by atoms with Gasteiger partial charge in [-0.15, -0.1) is 5.10 Å². The molecule has 0 saturated carbocycles. The quantitative estimate of drug-likeness (QED) is 0.183. The van der Waals surface area contributed by atoms with Gasteiger partial charge in [-0.25, -0.2) is 9.78 Å². The normalized spacial score (nSPS) is 18.7. The summed E-state index contributed by atoms with van der Waals surface area (Å²) in [7, 11) is 1.28. The van der Waals surface area contributed by atoms with Crippen LogP contribution in [-0.2, 0) is 19.1 Å². The predicted molar refractivity (Wildman–Crippen MR) is 172 cm³/mol. The van der Waals surface area contributed by atoms with Crippen LogP contribution in [0.5, 0.6) is 0 Å². The average Bonchev–Trinajstić information content (AvgIpc) is 3.70. The molecule has 2 amide bonds. The molecule has 3 atom stereocenters. The minimum absolute atomic E-state index is 0.0119. The number of aromatic nitrogens is 6. The number of methoxy groups -OCH3 is 1. The number of amides is 2. The maximum absolute atomic E-state index is 13.6. The van der Waals surface area contributed by atoms with Gasteiger partial charge < -0.3 is 19.8 Å². The first kappa shape index (κ1) is 32.8. The Balaban J connectivity index is 1.40. The van der Waals surface area contributed by atoms with Crippen molar-refractivity contribution in [3.63, 3.8) is 0 Å². The van der Waals surface area contributed by atoms with E-state index < -0.39 is 18.0 Å². The Morgan fingerprint density at radius 2 is 1.87 bits per heavy atom. The van der Waals surface area contributed by atoms with Gasteiger partial charge in [0.25, 0.3) is 0 Å². The van der Waals surface area contributed by atoms with Crippen LogP contribution in [0.2, 0.25) is 10.2 Å². The number of H-pyrrole nitrogens is 1. The molecule has 15 heteroatoms.